The molecule has 0 saturated carbocycles. The van der Waals surface area contributed by atoms with E-state index in [0.717, 1.165) is 25.8 Å². The van der Waals surface area contributed by atoms with Gasteiger partial charge in [0.2, 0.25) is 5.91 Å². The molecule has 0 aromatic rings. The zero-order valence-corrected chi connectivity index (χ0v) is 18.3. The zero-order valence-electron chi connectivity index (χ0n) is 17.5. The lowest BCUT2D eigenvalue weighted by molar-refractivity contribution is -0.208. The van der Waals surface area contributed by atoms with Crippen molar-refractivity contribution in [2.45, 2.75) is 87.9 Å². The fourth-order valence-corrected chi connectivity index (χ4v) is 4.87. The van der Waals surface area contributed by atoms with Crippen LogP contribution in [0.3, 0.4) is 0 Å². The van der Waals surface area contributed by atoms with E-state index >= 15 is 0 Å². The van der Waals surface area contributed by atoms with E-state index in [0.29, 0.717) is 18.8 Å². The predicted octanol–water partition coefficient (Wildman–Crippen LogP) is 0.360. The molecule has 2 saturated heterocycles. The highest BCUT2D eigenvalue weighted by molar-refractivity contribution is 7.99. The van der Waals surface area contributed by atoms with E-state index in [1.54, 1.807) is 6.26 Å². The summed E-state index contributed by atoms with van der Waals surface area (Å²) >= 11 is 1.26. The number of aliphatic hydroxyl groups excluding tert-OH is 3. The van der Waals surface area contributed by atoms with E-state index in [-0.39, 0.29) is 17.9 Å². The van der Waals surface area contributed by atoms with Crippen LogP contribution in [0.5, 0.6) is 0 Å². The van der Waals surface area contributed by atoms with Gasteiger partial charge in [-0.05, 0) is 50.3 Å². The molecule has 0 radical (unpaired) electrons. The molecule has 0 aromatic carbocycles. The van der Waals surface area contributed by atoms with Gasteiger partial charge in [-0.25, -0.2) is 0 Å². The van der Waals surface area contributed by atoms with Crippen LogP contribution in [0.1, 0.15) is 46.0 Å². The van der Waals surface area contributed by atoms with Gasteiger partial charge >= 0.3 is 0 Å². The normalized spacial score (nSPS) is 36.4. The van der Waals surface area contributed by atoms with E-state index in [4.69, 9.17) is 10.00 Å². The van der Waals surface area contributed by atoms with Gasteiger partial charge in [0.15, 0.2) is 0 Å². The molecule has 2 rings (SSSR count). The minimum atomic E-state index is -1.33. The first-order valence-corrected chi connectivity index (χ1v) is 11.7. The molecule has 2 heterocycles. The maximum atomic E-state index is 13.0. The Morgan fingerprint density at radius 2 is 2.03 bits per heavy atom. The molecule has 2 aliphatic heterocycles. The Bertz CT molecular complexity index is 571. The smallest absolute Gasteiger partial charge is 0.237 e. The maximum absolute atomic E-state index is 13.0. The summed E-state index contributed by atoms with van der Waals surface area (Å²) in [6, 6.07) is 1.33. The molecule has 0 spiro atoms. The van der Waals surface area contributed by atoms with Gasteiger partial charge in [0.05, 0.1) is 18.2 Å². The molecule has 0 aliphatic carbocycles. The molecule has 1 amide bonds. The number of rotatable bonds is 8. The Morgan fingerprint density at radius 3 is 2.66 bits per heavy atom. The molecule has 29 heavy (non-hydrogen) atoms. The van der Waals surface area contributed by atoms with Crippen LogP contribution in [0.25, 0.3) is 0 Å². The molecular formula is C20H35N3O5S. The molecule has 0 bridgehead atoms. The standard InChI is InChI=1S/C20H35N3O5S/c1-11(2)14(18-16(25)15(24)17(26)20(28-18)29-3)23-19(27)13-10-12(7-9-22-13)6-4-5-8-21/h11-18,20,22,24-26H,4-7,9-10H2,1-3H3,(H,23,27)/t12-,13?,14-,15+,16-,17-,18-,20-/m1/s1. The largest absolute Gasteiger partial charge is 0.388 e. The van der Waals surface area contributed by atoms with Crippen LogP contribution in [0, 0.1) is 23.2 Å². The number of nitrogens with zero attached hydrogens (tertiary/aromatic N) is 1. The summed E-state index contributed by atoms with van der Waals surface area (Å²) in [6.07, 6.45) is 1.17. The number of amides is 1. The maximum Gasteiger partial charge on any atom is 0.237 e. The number of carbonyl (C=O) groups excluding carboxylic acids is 1. The number of aliphatic hydroxyl groups is 3. The summed E-state index contributed by atoms with van der Waals surface area (Å²) < 4.78 is 5.87. The topological polar surface area (TPSA) is 135 Å². The molecule has 2 aliphatic rings. The summed E-state index contributed by atoms with van der Waals surface area (Å²) in [7, 11) is 0. The number of thioether (sulfide) groups is 1. The van der Waals surface area contributed by atoms with Crippen LogP contribution in [-0.4, -0.2) is 76.0 Å². The second-order valence-corrected chi connectivity index (χ2v) is 9.34. The van der Waals surface area contributed by atoms with Crippen LogP contribution in [0.15, 0.2) is 0 Å². The zero-order chi connectivity index (χ0) is 21.6. The number of unbranched alkanes of at least 4 members (excludes halogenated alkanes) is 1. The summed E-state index contributed by atoms with van der Waals surface area (Å²) in [5.41, 5.74) is -0.672. The summed E-state index contributed by atoms with van der Waals surface area (Å²) in [5.74, 6) is 0.219. The minimum Gasteiger partial charge on any atom is -0.388 e. The second-order valence-electron chi connectivity index (χ2n) is 8.40. The van der Waals surface area contributed by atoms with Gasteiger partial charge in [0.1, 0.15) is 29.9 Å². The SMILES string of the molecule is CS[C@H]1O[C@H]([C@H](NC(=O)C2C[C@H](CCCC#N)CCN2)C(C)C)[C@H](O)[C@H](O)[C@H]1O. The fraction of sp³-hybridized carbons (Fsp3) is 0.900. The molecule has 2 fully saturated rings. The van der Waals surface area contributed by atoms with Gasteiger partial charge in [0.25, 0.3) is 0 Å². The molecular weight excluding hydrogens is 394 g/mol. The monoisotopic (exact) mass is 429 g/mol. The Kier molecular flexibility index (Phi) is 9.66. The number of nitrogens with one attached hydrogen (secondary N) is 2. The van der Waals surface area contributed by atoms with Crippen LogP contribution < -0.4 is 10.6 Å². The van der Waals surface area contributed by atoms with Crippen molar-refractivity contribution < 1.29 is 24.9 Å². The first-order chi connectivity index (χ1) is 13.8. The summed E-state index contributed by atoms with van der Waals surface area (Å²) in [5, 5.41) is 45.8. The molecule has 9 heteroatoms. The van der Waals surface area contributed by atoms with E-state index in [1.165, 1.54) is 11.8 Å². The lowest BCUT2D eigenvalue weighted by Crippen LogP contribution is -2.65. The van der Waals surface area contributed by atoms with Gasteiger partial charge in [-0.15, -0.1) is 11.8 Å². The molecule has 0 aromatic heterocycles. The number of piperidine rings is 1. The van der Waals surface area contributed by atoms with Crippen molar-refractivity contribution in [3.05, 3.63) is 0 Å². The van der Waals surface area contributed by atoms with Crippen molar-refractivity contribution in [1.82, 2.24) is 10.6 Å². The lowest BCUT2D eigenvalue weighted by Gasteiger charge is -2.44. The average Bonchev–Trinajstić information content (AvgIpc) is 2.71. The minimum absolute atomic E-state index is 0.0430. The summed E-state index contributed by atoms with van der Waals surface area (Å²) in [6.45, 7) is 4.60. The Morgan fingerprint density at radius 1 is 1.31 bits per heavy atom. The van der Waals surface area contributed by atoms with Gasteiger partial charge in [-0.1, -0.05) is 13.8 Å². The highest BCUT2D eigenvalue weighted by Crippen LogP contribution is 2.30. The van der Waals surface area contributed by atoms with Gasteiger partial charge in [-0.3, -0.25) is 4.79 Å². The van der Waals surface area contributed by atoms with Crippen molar-refractivity contribution in [2.75, 3.05) is 12.8 Å². The Hall–Kier alpha value is -0.890. The molecule has 8 nitrogen and oxygen atoms in total. The van der Waals surface area contributed by atoms with Crippen molar-refractivity contribution in [1.29, 1.82) is 5.26 Å². The Labute approximate surface area is 177 Å². The first kappa shape index (κ1) is 24.4. The number of carbonyl (C=O) groups is 1. The van der Waals surface area contributed by atoms with E-state index in [9.17, 15) is 20.1 Å². The van der Waals surface area contributed by atoms with Gasteiger partial charge in [0, 0.05) is 6.42 Å². The fourth-order valence-electron chi connectivity index (χ4n) is 4.19. The molecule has 166 valence electrons. The number of nitriles is 1. The molecule has 5 N–H and O–H groups in total. The van der Waals surface area contributed by atoms with Crippen LogP contribution in [0.4, 0.5) is 0 Å². The lowest BCUT2D eigenvalue weighted by atomic mass is 9.86. The van der Waals surface area contributed by atoms with Crippen molar-refractivity contribution >= 4 is 17.7 Å². The van der Waals surface area contributed by atoms with Crippen molar-refractivity contribution in [2.24, 2.45) is 11.8 Å². The quantitative estimate of drug-likeness (QED) is 0.349. The third-order valence-electron chi connectivity index (χ3n) is 5.95. The molecule has 8 atom stereocenters. The van der Waals surface area contributed by atoms with Crippen molar-refractivity contribution in [3.8, 4) is 6.07 Å². The third-order valence-corrected chi connectivity index (χ3v) is 6.80. The molecule has 1 unspecified atom stereocenters. The highest BCUT2D eigenvalue weighted by atomic mass is 32.2. The van der Waals surface area contributed by atoms with Crippen LogP contribution in [-0.2, 0) is 9.53 Å². The van der Waals surface area contributed by atoms with Crippen LogP contribution in [0.2, 0.25) is 0 Å². The average molecular weight is 430 g/mol. The first-order valence-electron chi connectivity index (χ1n) is 10.4. The second kappa shape index (κ2) is 11.5. The highest BCUT2D eigenvalue weighted by Gasteiger charge is 2.47. The van der Waals surface area contributed by atoms with E-state index in [2.05, 4.69) is 16.7 Å². The number of ether oxygens (including phenoxy) is 1. The summed E-state index contributed by atoms with van der Waals surface area (Å²) in [4.78, 5) is 13.0. The predicted molar refractivity (Wildman–Crippen MR) is 111 cm³/mol. The number of hydrogen-bond acceptors (Lipinski definition) is 8. The number of hydrogen-bond donors (Lipinski definition) is 5. The van der Waals surface area contributed by atoms with Gasteiger partial charge < -0.3 is 30.7 Å². The van der Waals surface area contributed by atoms with Crippen LogP contribution >= 0.6 is 11.8 Å². The Balaban J connectivity index is 2.02. The van der Waals surface area contributed by atoms with Crippen molar-refractivity contribution in [3.63, 3.8) is 0 Å². The van der Waals surface area contributed by atoms with Gasteiger partial charge in [-0.2, -0.15) is 5.26 Å². The van der Waals surface area contributed by atoms with E-state index < -0.39 is 35.9 Å². The third kappa shape index (κ3) is 6.29. The van der Waals surface area contributed by atoms with E-state index in [1.807, 2.05) is 13.8 Å².